The van der Waals surface area contributed by atoms with Gasteiger partial charge in [-0.2, -0.15) is 0 Å². The Morgan fingerprint density at radius 3 is 2.47 bits per heavy atom. The van der Waals surface area contributed by atoms with Crippen LogP contribution in [0.3, 0.4) is 0 Å². The molecule has 1 aromatic carbocycles. The molecule has 1 amide bonds. The second kappa shape index (κ2) is 12.8. The first-order chi connectivity index (χ1) is 14.4. The SMILES string of the molecule is CCC(CC)C(CNC(=O)CCNS(=O)(=O)/C=C/c1ccccc1)N1CCOCC1. The van der Waals surface area contributed by atoms with E-state index in [0.29, 0.717) is 12.5 Å². The summed E-state index contributed by atoms with van der Waals surface area (Å²) in [6, 6.07) is 9.48. The Hall–Kier alpha value is -1.74. The molecule has 8 heteroatoms. The van der Waals surface area contributed by atoms with Crippen molar-refractivity contribution in [2.45, 2.75) is 39.2 Å². The van der Waals surface area contributed by atoms with Gasteiger partial charge in [-0.3, -0.25) is 9.69 Å². The van der Waals surface area contributed by atoms with Crippen LogP contribution in [0.4, 0.5) is 0 Å². The standard InChI is InChI=1S/C22H35N3O4S/c1-3-20(4-2)21(25-13-15-29-16-14-25)18-23-22(26)10-12-24-30(27,28)17-11-19-8-6-5-7-9-19/h5-9,11,17,20-21,24H,3-4,10,12-16,18H2,1-2H3,(H,23,26)/b17-11+. The van der Waals surface area contributed by atoms with Gasteiger partial charge in [0.25, 0.3) is 0 Å². The van der Waals surface area contributed by atoms with Gasteiger partial charge in [0.15, 0.2) is 0 Å². The van der Waals surface area contributed by atoms with Crippen LogP contribution >= 0.6 is 0 Å². The van der Waals surface area contributed by atoms with Crippen LogP contribution in [0.2, 0.25) is 0 Å². The lowest BCUT2D eigenvalue weighted by Crippen LogP contribution is -2.52. The number of rotatable bonds is 12. The molecule has 1 fully saturated rings. The topological polar surface area (TPSA) is 87.7 Å². The predicted octanol–water partition coefficient (Wildman–Crippen LogP) is 2.22. The van der Waals surface area contributed by atoms with Crippen molar-refractivity contribution in [3.8, 4) is 0 Å². The summed E-state index contributed by atoms with van der Waals surface area (Å²) in [6.45, 7) is 8.22. The minimum atomic E-state index is -3.58. The minimum absolute atomic E-state index is 0.0699. The molecule has 30 heavy (non-hydrogen) atoms. The molecule has 2 rings (SSSR count). The van der Waals surface area contributed by atoms with Gasteiger partial charge in [-0.25, -0.2) is 13.1 Å². The zero-order chi connectivity index (χ0) is 21.8. The second-order valence-electron chi connectivity index (χ2n) is 7.50. The van der Waals surface area contributed by atoms with E-state index in [4.69, 9.17) is 4.74 Å². The van der Waals surface area contributed by atoms with Crippen molar-refractivity contribution in [2.75, 3.05) is 39.4 Å². The lowest BCUT2D eigenvalue weighted by atomic mass is 9.92. The Morgan fingerprint density at radius 2 is 1.83 bits per heavy atom. The maximum atomic E-state index is 12.3. The van der Waals surface area contributed by atoms with Gasteiger partial charge in [-0.1, -0.05) is 57.0 Å². The number of sulfonamides is 1. The lowest BCUT2D eigenvalue weighted by Gasteiger charge is -2.38. The number of carbonyl (C=O) groups is 1. The maximum absolute atomic E-state index is 12.3. The third-order valence-corrected chi connectivity index (χ3v) is 6.61. The third kappa shape index (κ3) is 8.55. The molecule has 1 aliphatic rings. The van der Waals surface area contributed by atoms with Gasteiger partial charge >= 0.3 is 0 Å². The molecule has 1 aliphatic heterocycles. The summed E-state index contributed by atoms with van der Waals surface area (Å²) < 4.78 is 32.1. The summed E-state index contributed by atoms with van der Waals surface area (Å²) in [6.07, 6.45) is 3.76. The van der Waals surface area contributed by atoms with Crippen molar-refractivity contribution >= 4 is 22.0 Å². The average molecular weight is 438 g/mol. The fraction of sp³-hybridized carbons (Fsp3) is 0.591. The Kier molecular flexibility index (Phi) is 10.5. The Labute approximate surface area is 180 Å². The smallest absolute Gasteiger partial charge is 0.233 e. The van der Waals surface area contributed by atoms with Gasteiger partial charge in [0, 0.05) is 44.0 Å². The molecule has 0 aromatic heterocycles. The van der Waals surface area contributed by atoms with Crippen LogP contribution in [0.1, 0.15) is 38.7 Å². The first-order valence-electron chi connectivity index (χ1n) is 10.8. The van der Waals surface area contributed by atoms with Crippen LogP contribution in [-0.2, 0) is 19.6 Å². The molecule has 1 aromatic rings. The van der Waals surface area contributed by atoms with E-state index < -0.39 is 10.0 Å². The molecule has 0 radical (unpaired) electrons. The monoisotopic (exact) mass is 437 g/mol. The average Bonchev–Trinajstić information content (AvgIpc) is 2.76. The molecule has 1 atom stereocenters. The van der Waals surface area contributed by atoms with Crippen LogP contribution in [0, 0.1) is 5.92 Å². The Morgan fingerprint density at radius 1 is 1.17 bits per heavy atom. The molecule has 168 valence electrons. The first-order valence-corrected chi connectivity index (χ1v) is 12.3. The number of carbonyl (C=O) groups excluding carboxylic acids is 1. The van der Waals surface area contributed by atoms with Crippen molar-refractivity contribution in [3.63, 3.8) is 0 Å². The van der Waals surface area contributed by atoms with Crippen molar-refractivity contribution in [2.24, 2.45) is 5.92 Å². The van der Waals surface area contributed by atoms with E-state index in [9.17, 15) is 13.2 Å². The molecule has 0 bridgehead atoms. The summed E-state index contributed by atoms with van der Waals surface area (Å²) in [5.41, 5.74) is 0.802. The molecule has 2 N–H and O–H groups in total. The highest BCUT2D eigenvalue weighted by atomic mass is 32.2. The summed E-state index contributed by atoms with van der Waals surface area (Å²) >= 11 is 0. The van der Waals surface area contributed by atoms with Gasteiger partial charge in [-0.15, -0.1) is 0 Å². The lowest BCUT2D eigenvalue weighted by molar-refractivity contribution is -0.121. The molecule has 1 saturated heterocycles. The fourth-order valence-corrected chi connectivity index (χ4v) is 4.55. The Bertz CT molecular complexity index is 758. The zero-order valence-corrected chi connectivity index (χ0v) is 18.9. The van der Waals surface area contributed by atoms with Crippen LogP contribution < -0.4 is 10.0 Å². The summed E-state index contributed by atoms with van der Waals surface area (Å²) in [5.74, 6) is 0.360. The fourth-order valence-electron chi connectivity index (χ4n) is 3.73. The van der Waals surface area contributed by atoms with Crippen LogP contribution in [-0.4, -0.2) is 64.7 Å². The zero-order valence-electron chi connectivity index (χ0n) is 18.0. The summed E-state index contributed by atoms with van der Waals surface area (Å²) in [5, 5.41) is 4.13. The van der Waals surface area contributed by atoms with Gasteiger partial charge < -0.3 is 10.1 Å². The molecule has 0 saturated carbocycles. The normalized spacial score (nSPS) is 16.8. The van der Waals surface area contributed by atoms with E-state index in [1.54, 1.807) is 0 Å². The largest absolute Gasteiger partial charge is 0.379 e. The van der Waals surface area contributed by atoms with Crippen LogP contribution in [0.25, 0.3) is 6.08 Å². The van der Waals surface area contributed by atoms with E-state index in [-0.39, 0.29) is 24.9 Å². The van der Waals surface area contributed by atoms with Crippen molar-refractivity contribution in [1.82, 2.24) is 14.9 Å². The molecule has 0 spiro atoms. The molecule has 0 aliphatic carbocycles. The quantitative estimate of drug-likeness (QED) is 0.524. The second-order valence-corrected chi connectivity index (χ2v) is 9.15. The number of morpholine rings is 1. The van der Waals surface area contributed by atoms with Gasteiger partial charge in [-0.05, 0) is 17.6 Å². The summed E-state index contributed by atoms with van der Waals surface area (Å²) in [4.78, 5) is 14.7. The van der Waals surface area contributed by atoms with Gasteiger partial charge in [0.1, 0.15) is 0 Å². The number of ether oxygens (including phenoxy) is 1. The molecular formula is C22H35N3O4S. The van der Waals surface area contributed by atoms with E-state index in [0.717, 1.165) is 50.1 Å². The van der Waals surface area contributed by atoms with Crippen LogP contribution in [0.15, 0.2) is 35.7 Å². The van der Waals surface area contributed by atoms with E-state index in [1.165, 1.54) is 6.08 Å². The summed E-state index contributed by atoms with van der Waals surface area (Å²) in [7, 11) is -3.58. The van der Waals surface area contributed by atoms with E-state index in [1.807, 2.05) is 30.3 Å². The van der Waals surface area contributed by atoms with Gasteiger partial charge in [0.05, 0.1) is 13.2 Å². The molecule has 1 heterocycles. The molecular weight excluding hydrogens is 402 g/mol. The predicted molar refractivity (Wildman–Crippen MR) is 120 cm³/mol. The highest BCUT2D eigenvalue weighted by molar-refractivity contribution is 7.92. The number of hydrogen-bond donors (Lipinski definition) is 2. The number of nitrogens with zero attached hydrogens (tertiary/aromatic N) is 1. The number of benzene rings is 1. The minimum Gasteiger partial charge on any atom is -0.379 e. The Balaban J connectivity index is 1.78. The van der Waals surface area contributed by atoms with Crippen molar-refractivity contribution in [3.05, 3.63) is 41.3 Å². The highest BCUT2D eigenvalue weighted by Crippen LogP contribution is 2.19. The van der Waals surface area contributed by atoms with Crippen molar-refractivity contribution < 1.29 is 17.9 Å². The van der Waals surface area contributed by atoms with E-state index >= 15 is 0 Å². The van der Waals surface area contributed by atoms with Gasteiger partial charge in [0.2, 0.25) is 15.9 Å². The third-order valence-electron chi connectivity index (χ3n) is 5.51. The first kappa shape index (κ1) is 24.5. The number of hydrogen-bond acceptors (Lipinski definition) is 5. The van der Waals surface area contributed by atoms with Crippen LogP contribution in [0.5, 0.6) is 0 Å². The molecule has 1 unspecified atom stereocenters. The highest BCUT2D eigenvalue weighted by Gasteiger charge is 2.27. The van der Waals surface area contributed by atoms with Crippen molar-refractivity contribution in [1.29, 1.82) is 0 Å². The van der Waals surface area contributed by atoms with E-state index in [2.05, 4.69) is 28.8 Å². The molecule has 7 nitrogen and oxygen atoms in total. The maximum Gasteiger partial charge on any atom is 0.233 e. The number of amides is 1. The number of nitrogens with one attached hydrogen (secondary N) is 2.